The maximum Gasteiger partial charge on any atom is 0.146 e. The maximum absolute atomic E-state index is 5.50. The summed E-state index contributed by atoms with van der Waals surface area (Å²) in [5.74, 6) is 1.11. The molecule has 1 aliphatic rings. The van der Waals surface area contributed by atoms with E-state index < -0.39 is 0 Å². The number of nitrogens with two attached hydrogens (primary N) is 1. The third-order valence-electron chi connectivity index (χ3n) is 2.24. The second-order valence-corrected chi connectivity index (χ2v) is 3.12. The van der Waals surface area contributed by atoms with E-state index in [0.29, 0.717) is 11.7 Å². The number of hydrogen-bond donors (Lipinski definition) is 1. The summed E-state index contributed by atoms with van der Waals surface area (Å²) >= 11 is 0. The lowest BCUT2D eigenvalue weighted by Crippen LogP contribution is -1.98. The van der Waals surface area contributed by atoms with E-state index >= 15 is 0 Å². The van der Waals surface area contributed by atoms with Crippen molar-refractivity contribution in [3.8, 4) is 0 Å². The average Bonchev–Trinajstić information content (AvgIpc) is 2.32. The van der Waals surface area contributed by atoms with Gasteiger partial charge in [0, 0.05) is 5.92 Å². The summed E-state index contributed by atoms with van der Waals surface area (Å²) in [5, 5.41) is 7.89. The Kier molecular flexibility index (Phi) is 1.31. The average molecular weight is 149 g/mol. The number of aryl methyl sites for hydroxylation is 1. The van der Waals surface area contributed by atoms with Crippen molar-refractivity contribution < 1.29 is 0 Å². The standard InChI is InChI=1S/C8H11N3/c1-5-2-3-6-4-7(9)10-11-8(5)6/h4-5H,2-3H2,1H3,(H2,9,10). The second kappa shape index (κ2) is 2.19. The fourth-order valence-corrected chi connectivity index (χ4v) is 1.58. The summed E-state index contributed by atoms with van der Waals surface area (Å²) in [5.41, 5.74) is 7.92. The maximum atomic E-state index is 5.50. The number of hydrogen-bond acceptors (Lipinski definition) is 3. The molecule has 1 heterocycles. The van der Waals surface area contributed by atoms with Crippen molar-refractivity contribution in [2.24, 2.45) is 0 Å². The molecule has 0 aliphatic heterocycles. The van der Waals surface area contributed by atoms with Crippen LogP contribution in [0.15, 0.2) is 6.07 Å². The van der Waals surface area contributed by atoms with Gasteiger partial charge in [-0.1, -0.05) is 6.92 Å². The van der Waals surface area contributed by atoms with Gasteiger partial charge in [0.25, 0.3) is 0 Å². The molecule has 0 bridgehead atoms. The van der Waals surface area contributed by atoms with Crippen LogP contribution >= 0.6 is 0 Å². The molecule has 0 saturated heterocycles. The molecule has 1 aromatic heterocycles. The van der Waals surface area contributed by atoms with Gasteiger partial charge < -0.3 is 5.73 Å². The SMILES string of the molecule is CC1CCc2cc(N)nnc21. The number of anilines is 1. The normalized spacial score (nSPS) is 21.7. The molecule has 11 heavy (non-hydrogen) atoms. The van der Waals surface area contributed by atoms with Gasteiger partial charge in [-0.15, -0.1) is 5.10 Å². The largest absolute Gasteiger partial charge is 0.382 e. The van der Waals surface area contributed by atoms with Gasteiger partial charge in [-0.05, 0) is 24.5 Å². The molecule has 2 rings (SSSR count). The first-order chi connectivity index (χ1) is 5.27. The first-order valence-electron chi connectivity index (χ1n) is 3.89. The second-order valence-electron chi connectivity index (χ2n) is 3.12. The Morgan fingerprint density at radius 1 is 1.55 bits per heavy atom. The van der Waals surface area contributed by atoms with E-state index in [1.165, 1.54) is 12.0 Å². The van der Waals surface area contributed by atoms with Gasteiger partial charge in [0.05, 0.1) is 5.69 Å². The van der Waals surface area contributed by atoms with Crippen LogP contribution in [0.25, 0.3) is 0 Å². The number of aromatic nitrogens is 2. The Bertz CT molecular complexity index is 283. The third-order valence-corrected chi connectivity index (χ3v) is 2.24. The minimum Gasteiger partial charge on any atom is -0.382 e. The van der Waals surface area contributed by atoms with E-state index in [1.54, 1.807) is 0 Å². The summed E-state index contributed by atoms with van der Waals surface area (Å²) in [6.45, 7) is 2.18. The molecular weight excluding hydrogens is 138 g/mol. The number of fused-ring (bicyclic) bond motifs is 1. The molecule has 1 atom stereocenters. The van der Waals surface area contributed by atoms with Crippen molar-refractivity contribution >= 4 is 5.82 Å². The minimum atomic E-state index is 0.540. The minimum absolute atomic E-state index is 0.540. The summed E-state index contributed by atoms with van der Waals surface area (Å²) in [6, 6.07) is 1.94. The summed E-state index contributed by atoms with van der Waals surface area (Å²) in [4.78, 5) is 0. The summed E-state index contributed by atoms with van der Waals surface area (Å²) in [6.07, 6.45) is 2.30. The zero-order chi connectivity index (χ0) is 7.84. The molecule has 0 spiro atoms. The lowest BCUT2D eigenvalue weighted by atomic mass is 10.1. The van der Waals surface area contributed by atoms with E-state index in [0.717, 1.165) is 12.1 Å². The zero-order valence-corrected chi connectivity index (χ0v) is 6.54. The highest BCUT2D eigenvalue weighted by Gasteiger charge is 2.20. The van der Waals surface area contributed by atoms with Gasteiger partial charge in [-0.3, -0.25) is 0 Å². The van der Waals surface area contributed by atoms with Crippen LogP contribution < -0.4 is 5.73 Å². The zero-order valence-electron chi connectivity index (χ0n) is 6.54. The van der Waals surface area contributed by atoms with Crippen LogP contribution in [0.1, 0.15) is 30.5 Å². The van der Waals surface area contributed by atoms with Gasteiger partial charge in [-0.25, -0.2) is 0 Å². The van der Waals surface area contributed by atoms with Gasteiger partial charge in [0.1, 0.15) is 5.82 Å². The lowest BCUT2D eigenvalue weighted by Gasteiger charge is -2.00. The van der Waals surface area contributed by atoms with E-state index in [9.17, 15) is 0 Å². The molecule has 0 amide bonds. The van der Waals surface area contributed by atoms with Crippen LogP contribution in [0.2, 0.25) is 0 Å². The van der Waals surface area contributed by atoms with Crippen LogP contribution in [0.4, 0.5) is 5.82 Å². The van der Waals surface area contributed by atoms with E-state index in [4.69, 9.17) is 5.73 Å². The van der Waals surface area contributed by atoms with Crippen LogP contribution in [0.3, 0.4) is 0 Å². The van der Waals surface area contributed by atoms with Crippen molar-refractivity contribution in [3.05, 3.63) is 17.3 Å². The van der Waals surface area contributed by atoms with Crippen LogP contribution in [-0.4, -0.2) is 10.2 Å². The first-order valence-corrected chi connectivity index (χ1v) is 3.89. The monoisotopic (exact) mass is 149 g/mol. The van der Waals surface area contributed by atoms with E-state index in [1.807, 2.05) is 6.07 Å². The number of rotatable bonds is 0. The van der Waals surface area contributed by atoms with Crippen LogP contribution in [0.5, 0.6) is 0 Å². The molecule has 0 aromatic carbocycles. The highest BCUT2D eigenvalue weighted by atomic mass is 15.1. The molecule has 1 aromatic rings. The van der Waals surface area contributed by atoms with Crippen molar-refractivity contribution in [2.45, 2.75) is 25.7 Å². The fraction of sp³-hybridized carbons (Fsp3) is 0.500. The summed E-state index contributed by atoms with van der Waals surface area (Å²) < 4.78 is 0. The Morgan fingerprint density at radius 2 is 2.36 bits per heavy atom. The van der Waals surface area contributed by atoms with Gasteiger partial charge >= 0.3 is 0 Å². The Balaban J connectivity index is 2.50. The molecule has 0 saturated carbocycles. The smallest absolute Gasteiger partial charge is 0.146 e. The Labute approximate surface area is 65.6 Å². The third kappa shape index (κ3) is 0.964. The van der Waals surface area contributed by atoms with Crippen molar-refractivity contribution in [1.29, 1.82) is 0 Å². The summed E-state index contributed by atoms with van der Waals surface area (Å²) in [7, 11) is 0. The molecule has 2 N–H and O–H groups in total. The van der Waals surface area contributed by atoms with Crippen molar-refractivity contribution in [1.82, 2.24) is 10.2 Å². The van der Waals surface area contributed by atoms with E-state index in [-0.39, 0.29) is 0 Å². The lowest BCUT2D eigenvalue weighted by molar-refractivity contribution is 0.720. The molecule has 1 unspecified atom stereocenters. The quantitative estimate of drug-likeness (QED) is 0.601. The van der Waals surface area contributed by atoms with Gasteiger partial charge in [0.2, 0.25) is 0 Å². The van der Waals surface area contributed by atoms with Gasteiger partial charge in [-0.2, -0.15) is 5.10 Å². The molecule has 0 fully saturated rings. The molecule has 1 aliphatic carbocycles. The van der Waals surface area contributed by atoms with Crippen molar-refractivity contribution in [3.63, 3.8) is 0 Å². The highest BCUT2D eigenvalue weighted by molar-refractivity contribution is 5.37. The molecule has 0 radical (unpaired) electrons. The number of nitrogen functional groups attached to an aromatic ring is 1. The Hall–Kier alpha value is -1.12. The van der Waals surface area contributed by atoms with Gasteiger partial charge in [0.15, 0.2) is 0 Å². The number of nitrogens with zero attached hydrogens (tertiary/aromatic N) is 2. The van der Waals surface area contributed by atoms with Crippen LogP contribution in [-0.2, 0) is 6.42 Å². The van der Waals surface area contributed by atoms with Crippen molar-refractivity contribution in [2.75, 3.05) is 5.73 Å². The highest BCUT2D eigenvalue weighted by Crippen LogP contribution is 2.30. The van der Waals surface area contributed by atoms with E-state index in [2.05, 4.69) is 17.1 Å². The molecular formula is C8H11N3. The predicted octanol–water partition coefficient (Wildman–Crippen LogP) is 1.11. The Morgan fingerprint density at radius 3 is 3.18 bits per heavy atom. The fourth-order valence-electron chi connectivity index (χ4n) is 1.58. The topological polar surface area (TPSA) is 51.8 Å². The predicted molar refractivity (Wildman–Crippen MR) is 43.2 cm³/mol. The first kappa shape index (κ1) is 6.58. The molecule has 3 nitrogen and oxygen atoms in total. The van der Waals surface area contributed by atoms with Crippen LogP contribution in [0, 0.1) is 0 Å². The molecule has 58 valence electrons. The molecule has 3 heteroatoms.